The lowest BCUT2D eigenvalue weighted by molar-refractivity contribution is 0.0610. The topological polar surface area (TPSA) is 66.6 Å². The average molecular weight is 255 g/mol. The van der Waals surface area contributed by atoms with Gasteiger partial charge in [0.15, 0.2) is 0 Å². The van der Waals surface area contributed by atoms with E-state index >= 15 is 0 Å². The van der Waals surface area contributed by atoms with E-state index in [1.54, 1.807) is 18.2 Å². The fourth-order valence-corrected chi connectivity index (χ4v) is 2.49. The van der Waals surface area contributed by atoms with E-state index in [1.807, 2.05) is 31.1 Å². The lowest BCUT2D eigenvalue weighted by Gasteiger charge is -2.25. The summed E-state index contributed by atoms with van der Waals surface area (Å²) in [5.41, 5.74) is 1.91. The molecule has 3 rings (SSSR count). The summed E-state index contributed by atoms with van der Waals surface area (Å²) in [5.74, 6) is 4.62. The van der Waals surface area contributed by atoms with Gasteiger partial charge in [0.25, 0.3) is 11.8 Å². The molecular weight excluding hydrogens is 242 g/mol. The van der Waals surface area contributed by atoms with Gasteiger partial charge in [0.05, 0.1) is 11.1 Å². The molecule has 2 amide bonds. The Balaban J connectivity index is 2.47. The van der Waals surface area contributed by atoms with Crippen molar-refractivity contribution in [2.75, 3.05) is 19.0 Å². The molecule has 0 bridgehead atoms. The summed E-state index contributed by atoms with van der Waals surface area (Å²) in [6.45, 7) is 0. The molecule has 1 aliphatic heterocycles. The van der Waals surface area contributed by atoms with Crippen LogP contribution in [0.2, 0.25) is 0 Å². The quantitative estimate of drug-likeness (QED) is 0.475. The predicted molar refractivity (Wildman–Crippen MR) is 73.0 cm³/mol. The zero-order valence-corrected chi connectivity index (χ0v) is 10.7. The molecule has 0 saturated heterocycles. The molecule has 5 heteroatoms. The van der Waals surface area contributed by atoms with Crippen LogP contribution in [0.5, 0.6) is 0 Å². The monoisotopic (exact) mass is 255 g/mol. The number of hydrazine groups is 1. The highest BCUT2D eigenvalue weighted by atomic mass is 16.2. The molecule has 1 heterocycles. The molecule has 0 spiro atoms. The summed E-state index contributed by atoms with van der Waals surface area (Å²) in [6.07, 6.45) is 0. The third-order valence-corrected chi connectivity index (χ3v) is 3.40. The number of nitrogens with two attached hydrogens (primary N) is 1. The third-order valence-electron chi connectivity index (χ3n) is 3.40. The standard InChI is InChI=1S/C14H13N3O2/c1-16(2)11-7-6-10-12-8(11)4-3-5-9(12)13(18)17(15)14(10)19/h3-7H,15H2,1-2H3. The molecule has 19 heavy (non-hydrogen) atoms. The molecular formula is C14H13N3O2. The number of imide groups is 1. The number of carbonyl (C=O) groups is 2. The minimum atomic E-state index is -0.459. The van der Waals surface area contributed by atoms with Crippen molar-refractivity contribution >= 4 is 28.3 Å². The van der Waals surface area contributed by atoms with E-state index in [0.717, 1.165) is 11.1 Å². The SMILES string of the molecule is CN(C)c1ccc2c3c(cccc13)C(=O)N(N)C2=O. The van der Waals surface area contributed by atoms with Crippen molar-refractivity contribution in [1.29, 1.82) is 0 Å². The van der Waals surface area contributed by atoms with Crippen LogP contribution < -0.4 is 10.7 Å². The van der Waals surface area contributed by atoms with Crippen LogP contribution in [-0.4, -0.2) is 30.9 Å². The van der Waals surface area contributed by atoms with Crippen LogP contribution in [0.1, 0.15) is 20.7 Å². The highest BCUT2D eigenvalue weighted by Gasteiger charge is 2.31. The van der Waals surface area contributed by atoms with Crippen LogP contribution in [0.3, 0.4) is 0 Å². The minimum Gasteiger partial charge on any atom is -0.377 e. The summed E-state index contributed by atoms with van der Waals surface area (Å²) >= 11 is 0. The molecule has 0 atom stereocenters. The van der Waals surface area contributed by atoms with Crippen LogP contribution in [0, 0.1) is 0 Å². The van der Waals surface area contributed by atoms with Gasteiger partial charge in [-0.15, -0.1) is 0 Å². The van der Waals surface area contributed by atoms with Crippen molar-refractivity contribution in [2.24, 2.45) is 5.84 Å². The Hall–Kier alpha value is -2.40. The van der Waals surface area contributed by atoms with Gasteiger partial charge >= 0.3 is 0 Å². The molecule has 1 aliphatic rings. The molecule has 2 aromatic carbocycles. The van der Waals surface area contributed by atoms with E-state index in [-0.39, 0.29) is 0 Å². The summed E-state index contributed by atoms with van der Waals surface area (Å²) in [6, 6.07) is 8.99. The third kappa shape index (κ3) is 1.45. The zero-order valence-electron chi connectivity index (χ0n) is 10.7. The fraction of sp³-hybridized carbons (Fsp3) is 0.143. The Morgan fingerprint density at radius 1 is 1.00 bits per heavy atom. The minimum absolute atomic E-state index is 0.459. The Morgan fingerprint density at radius 2 is 1.63 bits per heavy atom. The molecule has 0 aromatic heterocycles. The summed E-state index contributed by atoms with van der Waals surface area (Å²) < 4.78 is 0. The molecule has 0 unspecified atom stereocenters. The Bertz CT molecular complexity index is 700. The van der Waals surface area contributed by atoms with Crippen LogP contribution in [0.4, 0.5) is 5.69 Å². The van der Waals surface area contributed by atoms with Crippen molar-refractivity contribution in [1.82, 2.24) is 5.01 Å². The van der Waals surface area contributed by atoms with Crippen LogP contribution >= 0.6 is 0 Å². The molecule has 2 N–H and O–H groups in total. The van der Waals surface area contributed by atoms with Gasteiger partial charge in [0.1, 0.15) is 0 Å². The van der Waals surface area contributed by atoms with Gasteiger partial charge in [-0.05, 0) is 18.2 Å². The first-order valence-corrected chi connectivity index (χ1v) is 5.89. The summed E-state index contributed by atoms with van der Waals surface area (Å²) in [7, 11) is 3.84. The molecule has 5 nitrogen and oxygen atoms in total. The van der Waals surface area contributed by atoms with E-state index in [0.29, 0.717) is 21.5 Å². The van der Waals surface area contributed by atoms with Crippen LogP contribution in [0.15, 0.2) is 30.3 Å². The summed E-state index contributed by atoms with van der Waals surface area (Å²) in [5, 5.41) is 2.24. The van der Waals surface area contributed by atoms with Gasteiger partial charge < -0.3 is 4.90 Å². The van der Waals surface area contributed by atoms with Gasteiger partial charge in [0, 0.05) is 30.6 Å². The van der Waals surface area contributed by atoms with Crippen LogP contribution in [0.25, 0.3) is 10.8 Å². The maximum atomic E-state index is 12.1. The fourth-order valence-electron chi connectivity index (χ4n) is 2.49. The van der Waals surface area contributed by atoms with Gasteiger partial charge in [-0.3, -0.25) is 9.59 Å². The maximum Gasteiger partial charge on any atom is 0.275 e. The highest BCUT2D eigenvalue weighted by Crippen LogP contribution is 2.34. The van der Waals surface area contributed by atoms with E-state index in [9.17, 15) is 9.59 Å². The molecule has 0 saturated carbocycles. The van der Waals surface area contributed by atoms with Gasteiger partial charge in [-0.1, -0.05) is 12.1 Å². The van der Waals surface area contributed by atoms with Crippen molar-refractivity contribution in [3.05, 3.63) is 41.5 Å². The number of carbonyl (C=O) groups excluding carboxylic acids is 2. The first kappa shape index (κ1) is 11.7. The highest BCUT2D eigenvalue weighted by molar-refractivity contribution is 6.26. The lowest BCUT2D eigenvalue weighted by atomic mass is 9.93. The van der Waals surface area contributed by atoms with Crippen LogP contribution in [-0.2, 0) is 0 Å². The lowest BCUT2D eigenvalue weighted by Crippen LogP contribution is -2.45. The predicted octanol–water partition coefficient (Wildman–Crippen LogP) is 1.38. The average Bonchev–Trinajstić information content (AvgIpc) is 2.41. The smallest absolute Gasteiger partial charge is 0.275 e. The first-order valence-electron chi connectivity index (χ1n) is 5.89. The van der Waals surface area contributed by atoms with E-state index in [2.05, 4.69) is 0 Å². The number of nitrogens with zero attached hydrogens (tertiary/aromatic N) is 2. The second-order valence-corrected chi connectivity index (χ2v) is 4.74. The zero-order chi connectivity index (χ0) is 13.7. The Morgan fingerprint density at radius 3 is 2.26 bits per heavy atom. The Labute approximate surface area is 110 Å². The first-order chi connectivity index (χ1) is 9.02. The number of hydrogen-bond donors (Lipinski definition) is 1. The molecule has 2 aromatic rings. The van der Waals surface area contributed by atoms with Crippen molar-refractivity contribution in [2.45, 2.75) is 0 Å². The molecule has 0 radical (unpaired) electrons. The second-order valence-electron chi connectivity index (χ2n) is 4.74. The normalized spacial score (nSPS) is 14.2. The number of amides is 2. The van der Waals surface area contributed by atoms with Crippen molar-refractivity contribution < 1.29 is 9.59 Å². The number of hydrogen-bond acceptors (Lipinski definition) is 4. The van der Waals surface area contributed by atoms with Gasteiger partial charge in [-0.2, -0.15) is 0 Å². The summed E-state index contributed by atoms with van der Waals surface area (Å²) in [4.78, 5) is 26.1. The van der Waals surface area contributed by atoms with Gasteiger partial charge in [-0.25, -0.2) is 10.9 Å². The second kappa shape index (κ2) is 3.80. The van der Waals surface area contributed by atoms with E-state index in [1.165, 1.54) is 0 Å². The van der Waals surface area contributed by atoms with Crippen molar-refractivity contribution in [3.63, 3.8) is 0 Å². The number of anilines is 1. The molecule has 0 fully saturated rings. The largest absolute Gasteiger partial charge is 0.377 e. The van der Waals surface area contributed by atoms with E-state index < -0.39 is 11.8 Å². The molecule has 96 valence electrons. The van der Waals surface area contributed by atoms with E-state index in [4.69, 9.17) is 5.84 Å². The number of benzene rings is 2. The van der Waals surface area contributed by atoms with Crippen molar-refractivity contribution in [3.8, 4) is 0 Å². The Kier molecular flexibility index (Phi) is 2.33. The maximum absolute atomic E-state index is 12.1. The molecule has 0 aliphatic carbocycles. The van der Waals surface area contributed by atoms with Gasteiger partial charge in [0.2, 0.25) is 0 Å². The number of rotatable bonds is 1.